The zero-order chi connectivity index (χ0) is 29.1. The molecule has 3 aliphatic rings. The normalized spacial score (nSPS) is 37.2. The van der Waals surface area contributed by atoms with Crippen LogP contribution in [0.5, 0.6) is 0 Å². The number of H-pyrrole nitrogens is 1. The lowest BCUT2D eigenvalue weighted by Crippen LogP contribution is -2.50. The van der Waals surface area contributed by atoms with Gasteiger partial charge in [-0.1, -0.05) is 44.3 Å². The lowest BCUT2D eigenvalue weighted by atomic mass is 9.77. The van der Waals surface area contributed by atoms with E-state index in [9.17, 15) is 14.7 Å². The number of nitrogens with zero attached hydrogens (tertiary/aromatic N) is 1. The van der Waals surface area contributed by atoms with E-state index >= 15 is 0 Å². The highest BCUT2D eigenvalue weighted by molar-refractivity contribution is 8.68. The molecule has 0 radical (unpaired) electrons. The maximum Gasteiger partial charge on any atom is 0.330 e. The molecular formula is C26H43N2O7PS2Si. The van der Waals surface area contributed by atoms with Crippen LogP contribution in [0.3, 0.4) is 0 Å². The Morgan fingerprint density at radius 2 is 2.08 bits per heavy atom. The Morgan fingerprint density at radius 3 is 2.69 bits per heavy atom. The number of aryl methyl sites for hydroxylation is 1. The lowest BCUT2D eigenvalue weighted by Gasteiger charge is -2.40. The molecule has 1 aliphatic carbocycles. The van der Waals surface area contributed by atoms with Crippen LogP contribution in [0, 0.1) is 12.8 Å². The minimum absolute atomic E-state index is 0.00593. The predicted octanol–water partition coefficient (Wildman–Crippen LogP) is 5.00. The van der Waals surface area contributed by atoms with Crippen LogP contribution in [0.25, 0.3) is 0 Å². The fourth-order valence-corrected chi connectivity index (χ4v) is 13.6. The van der Waals surface area contributed by atoms with Crippen molar-refractivity contribution < 1.29 is 23.3 Å². The Bertz CT molecular complexity index is 1280. The average molecular weight is 619 g/mol. The van der Waals surface area contributed by atoms with Crippen molar-refractivity contribution >= 4 is 37.2 Å². The smallest absolute Gasteiger partial charge is 0.330 e. The molecule has 1 saturated carbocycles. The summed E-state index contributed by atoms with van der Waals surface area (Å²) in [6.45, 7) is 20.6. The van der Waals surface area contributed by atoms with Gasteiger partial charge in [-0.25, -0.2) is 4.79 Å². The largest absolute Gasteiger partial charge is 0.408 e. The number of aliphatic hydroxyl groups is 1. The van der Waals surface area contributed by atoms with Crippen molar-refractivity contribution in [2.24, 2.45) is 5.92 Å². The van der Waals surface area contributed by atoms with Crippen LogP contribution in [-0.2, 0) is 30.0 Å². The van der Waals surface area contributed by atoms with E-state index in [1.165, 1.54) is 16.3 Å². The maximum atomic E-state index is 12.7. The number of aromatic amines is 1. The second kappa shape index (κ2) is 10.9. The van der Waals surface area contributed by atoms with Gasteiger partial charge in [0.05, 0.1) is 12.7 Å². The van der Waals surface area contributed by atoms with Crippen LogP contribution in [0.15, 0.2) is 27.9 Å². The maximum absolute atomic E-state index is 12.7. The first-order chi connectivity index (χ1) is 17.9. The molecule has 1 aromatic heterocycles. The summed E-state index contributed by atoms with van der Waals surface area (Å²) in [5.41, 5.74) is -2.33. The van der Waals surface area contributed by atoms with Gasteiger partial charge in [-0.3, -0.25) is 14.3 Å². The van der Waals surface area contributed by atoms with Crippen LogP contribution in [0.2, 0.25) is 18.1 Å². The van der Waals surface area contributed by atoms with Gasteiger partial charge < -0.3 is 23.3 Å². The minimum Gasteiger partial charge on any atom is -0.408 e. The summed E-state index contributed by atoms with van der Waals surface area (Å²) in [5.74, 6) is 0.417. The summed E-state index contributed by atoms with van der Waals surface area (Å²) in [6.07, 6.45) is 0.657. The summed E-state index contributed by atoms with van der Waals surface area (Å²) in [6, 6.07) is 0. The quantitative estimate of drug-likeness (QED) is 0.248. The molecule has 13 heteroatoms. The Hall–Kier alpha value is -0.563. The fourth-order valence-electron chi connectivity index (χ4n) is 5.13. The van der Waals surface area contributed by atoms with Gasteiger partial charge in [0, 0.05) is 16.5 Å². The standard InChI is InChI=1S/C26H43N2O7PS2Si/c1-15(2)17-10-11-26(7)19(12-17)34-36(37,38-26)32-14-18-21(35-39(8,9)25(4,5)6)20(29)23(33-18)28-13-16(3)22(30)27-24(28)31/h13,17-21,23,29H,1,10-12,14H2,2-9H3,(H,27,30,31)/t17-,18+,19+,20+,21?,23+,26+,36+/m0/s1. The molecule has 8 atom stereocenters. The molecule has 3 heterocycles. The van der Waals surface area contributed by atoms with Gasteiger partial charge in [0.2, 0.25) is 5.69 Å². The number of allylic oxidation sites excluding steroid dienone is 1. The molecule has 1 aromatic rings. The molecule has 220 valence electrons. The number of hydrogen-bond donors (Lipinski definition) is 2. The number of aliphatic hydroxyl groups excluding tert-OH is 1. The van der Waals surface area contributed by atoms with E-state index in [-0.39, 0.29) is 22.5 Å². The number of hydrogen-bond acceptors (Lipinski definition) is 9. The Morgan fingerprint density at radius 1 is 1.41 bits per heavy atom. The summed E-state index contributed by atoms with van der Waals surface area (Å²) < 4.78 is 26.8. The molecule has 0 spiro atoms. The van der Waals surface area contributed by atoms with Gasteiger partial charge >= 0.3 is 5.69 Å². The molecule has 1 unspecified atom stereocenters. The minimum atomic E-state index is -2.70. The summed E-state index contributed by atoms with van der Waals surface area (Å²) in [7, 11) is -2.35. The Balaban J connectivity index is 1.57. The first-order valence-corrected chi connectivity index (χ1v) is 20.5. The van der Waals surface area contributed by atoms with E-state index in [0.29, 0.717) is 11.5 Å². The van der Waals surface area contributed by atoms with Gasteiger partial charge in [0.15, 0.2) is 14.5 Å². The molecule has 39 heavy (non-hydrogen) atoms. The van der Waals surface area contributed by atoms with Gasteiger partial charge in [0.25, 0.3) is 5.56 Å². The monoisotopic (exact) mass is 618 g/mol. The van der Waals surface area contributed by atoms with Crippen LogP contribution >= 0.6 is 17.1 Å². The van der Waals surface area contributed by atoms with E-state index in [4.69, 9.17) is 30.0 Å². The molecule has 0 amide bonds. The molecule has 2 saturated heterocycles. The SMILES string of the molecule is C=C(C)[C@H]1CC[C@@]2(C)S[P@](=S)(OC[C@H]3O[C@@H](n4cc(C)c(=O)[nH]c4=O)[C@H](O)C3O[Si](C)(C)C(C)(C)C)O[C@@H]2C1. The third-order valence-electron chi connectivity index (χ3n) is 8.81. The third-order valence-corrected chi connectivity index (χ3v) is 19.1. The van der Waals surface area contributed by atoms with Crippen LogP contribution < -0.4 is 11.2 Å². The van der Waals surface area contributed by atoms with E-state index < -0.39 is 49.8 Å². The lowest BCUT2D eigenvalue weighted by molar-refractivity contribution is -0.0517. The summed E-state index contributed by atoms with van der Waals surface area (Å²) >= 11 is 7.59. The zero-order valence-electron chi connectivity index (χ0n) is 24.2. The summed E-state index contributed by atoms with van der Waals surface area (Å²) in [5, 5.41) is 11.3. The van der Waals surface area contributed by atoms with Gasteiger partial charge in [0.1, 0.15) is 18.3 Å². The molecule has 0 bridgehead atoms. The number of rotatable bonds is 7. The van der Waals surface area contributed by atoms with E-state index in [1.54, 1.807) is 18.3 Å². The Labute approximate surface area is 241 Å². The van der Waals surface area contributed by atoms with E-state index in [0.717, 1.165) is 19.3 Å². The molecule has 2 N–H and O–H groups in total. The topological polar surface area (TPSA) is 112 Å². The van der Waals surface area contributed by atoms with Crippen molar-refractivity contribution in [1.82, 2.24) is 9.55 Å². The number of aromatic nitrogens is 2. The van der Waals surface area contributed by atoms with Gasteiger partial charge in [-0.2, -0.15) is 0 Å². The van der Waals surface area contributed by atoms with Crippen molar-refractivity contribution in [2.75, 3.05) is 6.61 Å². The second-order valence-corrected chi connectivity index (χ2v) is 24.3. The predicted molar refractivity (Wildman–Crippen MR) is 161 cm³/mol. The highest BCUT2D eigenvalue weighted by atomic mass is 32.9. The number of fused-ring (bicyclic) bond motifs is 1. The number of nitrogens with one attached hydrogen (secondary N) is 1. The van der Waals surface area contributed by atoms with Crippen LogP contribution in [-0.4, -0.2) is 58.7 Å². The van der Waals surface area contributed by atoms with Gasteiger partial charge in [-0.15, -0.1) is 0 Å². The first-order valence-electron chi connectivity index (χ1n) is 13.5. The van der Waals surface area contributed by atoms with Crippen LogP contribution in [0.1, 0.15) is 65.7 Å². The van der Waals surface area contributed by atoms with Crippen molar-refractivity contribution in [1.29, 1.82) is 0 Å². The summed E-state index contributed by atoms with van der Waals surface area (Å²) in [4.78, 5) is 26.9. The highest BCUT2D eigenvalue weighted by Crippen LogP contribution is 2.75. The molecule has 2 aliphatic heterocycles. The van der Waals surface area contributed by atoms with Crippen molar-refractivity contribution in [3.8, 4) is 0 Å². The van der Waals surface area contributed by atoms with E-state index in [1.807, 2.05) is 0 Å². The third kappa shape index (κ3) is 6.29. The molecule has 0 aromatic carbocycles. The molecule has 4 rings (SSSR count). The van der Waals surface area contributed by atoms with Crippen LogP contribution in [0.4, 0.5) is 0 Å². The van der Waals surface area contributed by atoms with Crippen molar-refractivity contribution in [3.05, 3.63) is 44.8 Å². The fraction of sp³-hybridized carbons (Fsp3) is 0.769. The molecular weight excluding hydrogens is 575 g/mol. The average Bonchev–Trinajstić information content (AvgIpc) is 3.25. The molecule has 9 nitrogen and oxygen atoms in total. The highest BCUT2D eigenvalue weighted by Gasteiger charge is 2.55. The first kappa shape index (κ1) is 31.4. The molecule has 3 fully saturated rings. The number of ether oxygens (including phenoxy) is 1. The van der Waals surface area contributed by atoms with E-state index in [2.05, 4.69) is 59.3 Å². The second-order valence-electron chi connectivity index (χ2n) is 12.9. The van der Waals surface area contributed by atoms with Crippen molar-refractivity contribution in [3.63, 3.8) is 0 Å². The van der Waals surface area contributed by atoms with Gasteiger partial charge in [-0.05, 0) is 75.9 Å². The zero-order valence-corrected chi connectivity index (χ0v) is 27.7. The van der Waals surface area contributed by atoms with Crippen molar-refractivity contribution in [2.45, 2.75) is 114 Å². The Kier molecular flexibility index (Phi) is 8.79.